The molecule has 0 saturated carbocycles. The second kappa shape index (κ2) is 8.29. The Morgan fingerprint density at radius 3 is 2.43 bits per heavy atom. The predicted octanol–water partition coefficient (Wildman–Crippen LogP) is 4.22. The smallest absolute Gasteiger partial charge is 0.321 e. The van der Waals surface area contributed by atoms with Crippen molar-refractivity contribution >= 4 is 17.7 Å². The number of ether oxygens (including phenoxy) is 1. The average Bonchev–Trinajstić information content (AvgIpc) is 3.14. The number of halogens is 1. The van der Waals surface area contributed by atoms with Crippen molar-refractivity contribution in [1.82, 2.24) is 4.90 Å². The fourth-order valence-electron chi connectivity index (χ4n) is 3.13. The molecule has 6 nitrogen and oxygen atoms in total. The monoisotopic (exact) mass is 386 g/mol. The number of carboxylic acid groups (broad SMARTS) is 1. The van der Waals surface area contributed by atoms with Crippen LogP contribution in [0.15, 0.2) is 42.5 Å². The molecule has 3 rings (SSSR count). The summed E-state index contributed by atoms with van der Waals surface area (Å²) < 4.78 is 20.1. The molecule has 1 aliphatic heterocycles. The molecule has 2 N–H and O–H groups in total. The van der Waals surface area contributed by atoms with Gasteiger partial charge in [0.05, 0.1) is 17.7 Å². The van der Waals surface area contributed by atoms with E-state index in [1.807, 2.05) is 38.1 Å². The molecule has 2 aromatic rings. The van der Waals surface area contributed by atoms with Crippen molar-refractivity contribution in [3.05, 3.63) is 48.3 Å². The molecule has 1 saturated heterocycles. The summed E-state index contributed by atoms with van der Waals surface area (Å²) in [7, 11) is 0. The number of amides is 2. The zero-order valence-electron chi connectivity index (χ0n) is 15.8. The quantitative estimate of drug-likeness (QED) is 0.807. The van der Waals surface area contributed by atoms with E-state index < -0.39 is 23.7 Å². The lowest BCUT2D eigenvalue weighted by Gasteiger charge is -2.17. The van der Waals surface area contributed by atoms with Crippen LogP contribution < -0.4 is 10.1 Å². The van der Waals surface area contributed by atoms with E-state index in [0.717, 1.165) is 11.3 Å². The van der Waals surface area contributed by atoms with Gasteiger partial charge in [-0.05, 0) is 55.7 Å². The first-order chi connectivity index (χ1) is 13.3. The number of nitrogens with one attached hydrogen (secondary N) is 1. The number of carbonyl (C=O) groups is 2. The normalized spacial score (nSPS) is 16.3. The second-order valence-corrected chi connectivity index (χ2v) is 7.09. The molecule has 0 spiro atoms. The van der Waals surface area contributed by atoms with Crippen molar-refractivity contribution in [2.75, 3.05) is 18.4 Å². The first-order valence-electron chi connectivity index (χ1n) is 9.19. The van der Waals surface area contributed by atoms with Crippen LogP contribution in [0.2, 0.25) is 0 Å². The van der Waals surface area contributed by atoms with E-state index in [1.54, 1.807) is 6.07 Å². The lowest BCUT2D eigenvalue weighted by molar-refractivity contribution is -0.141. The maximum absolute atomic E-state index is 14.5. The number of benzene rings is 2. The maximum atomic E-state index is 14.5. The first-order valence-corrected chi connectivity index (χ1v) is 9.19. The van der Waals surface area contributed by atoms with E-state index in [-0.39, 0.29) is 18.3 Å². The van der Waals surface area contributed by atoms with Gasteiger partial charge in [-0.25, -0.2) is 9.18 Å². The molecule has 1 unspecified atom stereocenters. The molecule has 1 aliphatic rings. The Bertz CT molecular complexity index is 867. The van der Waals surface area contributed by atoms with Crippen LogP contribution in [0.5, 0.6) is 5.75 Å². The lowest BCUT2D eigenvalue weighted by Crippen LogP contribution is -2.34. The van der Waals surface area contributed by atoms with Crippen LogP contribution in [0.1, 0.15) is 20.3 Å². The van der Waals surface area contributed by atoms with Crippen molar-refractivity contribution in [1.29, 1.82) is 0 Å². The van der Waals surface area contributed by atoms with Gasteiger partial charge in [0.15, 0.2) is 0 Å². The number of aliphatic carboxylic acids is 1. The number of anilines is 1. The molecule has 0 aliphatic carbocycles. The molecule has 0 aromatic heterocycles. The number of likely N-dealkylation sites (tertiary alicyclic amines) is 1. The van der Waals surface area contributed by atoms with Crippen molar-refractivity contribution in [3.8, 4) is 16.9 Å². The van der Waals surface area contributed by atoms with Gasteiger partial charge in [0.25, 0.3) is 0 Å². The molecule has 2 aromatic carbocycles. The molecular formula is C21H23FN2O4. The minimum atomic E-state index is -0.921. The van der Waals surface area contributed by atoms with Crippen molar-refractivity contribution in [2.24, 2.45) is 5.92 Å². The lowest BCUT2D eigenvalue weighted by atomic mass is 10.0. The van der Waals surface area contributed by atoms with Crippen molar-refractivity contribution < 1.29 is 23.8 Å². The van der Waals surface area contributed by atoms with Crippen LogP contribution in [0.3, 0.4) is 0 Å². The maximum Gasteiger partial charge on any atom is 0.321 e. The third-order valence-electron chi connectivity index (χ3n) is 4.59. The second-order valence-electron chi connectivity index (χ2n) is 7.09. The van der Waals surface area contributed by atoms with Crippen LogP contribution in [0.25, 0.3) is 11.1 Å². The Kier molecular flexibility index (Phi) is 5.82. The fraction of sp³-hybridized carbons (Fsp3) is 0.333. The number of carboxylic acids is 1. The van der Waals surface area contributed by atoms with Gasteiger partial charge in [-0.2, -0.15) is 0 Å². The van der Waals surface area contributed by atoms with E-state index in [9.17, 15) is 14.0 Å². The van der Waals surface area contributed by atoms with Crippen molar-refractivity contribution in [3.63, 3.8) is 0 Å². The van der Waals surface area contributed by atoms with Crippen LogP contribution >= 0.6 is 0 Å². The molecule has 1 heterocycles. The van der Waals surface area contributed by atoms with Gasteiger partial charge in [0, 0.05) is 13.1 Å². The largest absolute Gasteiger partial charge is 0.491 e. The molecule has 2 amide bonds. The topological polar surface area (TPSA) is 78.9 Å². The molecule has 28 heavy (non-hydrogen) atoms. The van der Waals surface area contributed by atoms with Crippen molar-refractivity contribution in [2.45, 2.75) is 26.4 Å². The zero-order chi connectivity index (χ0) is 20.3. The van der Waals surface area contributed by atoms with E-state index >= 15 is 0 Å². The molecule has 7 heteroatoms. The number of urea groups is 1. The Balaban J connectivity index is 1.67. The summed E-state index contributed by atoms with van der Waals surface area (Å²) in [5.74, 6) is -1.30. The summed E-state index contributed by atoms with van der Waals surface area (Å²) in [6.45, 7) is 4.36. The van der Waals surface area contributed by atoms with E-state index in [1.165, 1.54) is 17.0 Å². The van der Waals surface area contributed by atoms with Gasteiger partial charge in [-0.1, -0.05) is 18.2 Å². The summed E-state index contributed by atoms with van der Waals surface area (Å²) in [5.41, 5.74) is 1.57. The van der Waals surface area contributed by atoms with Gasteiger partial charge >= 0.3 is 12.0 Å². The first kappa shape index (κ1) is 19.7. The summed E-state index contributed by atoms with van der Waals surface area (Å²) in [5, 5.41) is 11.5. The Labute approximate surface area is 162 Å². The molecule has 148 valence electrons. The minimum Gasteiger partial charge on any atom is -0.491 e. The third-order valence-corrected chi connectivity index (χ3v) is 4.59. The zero-order valence-corrected chi connectivity index (χ0v) is 15.8. The molecular weight excluding hydrogens is 363 g/mol. The highest BCUT2D eigenvalue weighted by molar-refractivity contribution is 5.90. The highest BCUT2D eigenvalue weighted by Gasteiger charge is 2.31. The molecule has 1 fully saturated rings. The van der Waals surface area contributed by atoms with E-state index in [4.69, 9.17) is 9.84 Å². The van der Waals surface area contributed by atoms with Gasteiger partial charge in [-0.3, -0.25) is 4.79 Å². The van der Waals surface area contributed by atoms with Gasteiger partial charge < -0.3 is 20.1 Å². The van der Waals surface area contributed by atoms with Gasteiger partial charge in [0.2, 0.25) is 0 Å². The molecule has 0 radical (unpaired) electrons. The molecule has 1 atom stereocenters. The number of rotatable bonds is 5. The summed E-state index contributed by atoms with van der Waals surface area (Å²) in [4.78, 5) is 24.6. The van der Waals surface area contributed by atoms with Crippen LogP contribution in [0.4, 0.5) is 14.9 Å². The highest BCUT2D eigenvalue weighted by Crippen LogP contribution is 2.27. The minimum absolute atomic E-state index is 0.0623. The van der Waals surface area contributed by atoms with Gasteiger partial charge in [0.1, 0.15) is 11.6 Å². The summed E-state index contributed by atoms with van der Waals surface area (Å²) >= 11 is 0. The fourth-order valence-corrected chi connectivity index (χ4v) is 3.13. The Morgan fingerprint density at radius 2 is 1.86 bits per heavy atom. The Hall–Kier alpha value is -3.09. The van der Waals surface area contributed by atoms with E-state index in [0.29, 0.717) is 18.5 Å². The standard InChI is InChI=1S/C21H23FN2O4/c1-13(2)28-17-6-3-14(4-7-17)15-5-8-19(18(22)11-15)23-21(27)24-10-9-16(12-24)20(25)26/h3-8,11,13,16H,9-10,12H2,1-2H3,(H,23,27)(H,25,26). The summed E-state index contributed by atoms with van der Waals surface area (Å²) in [6.07, 6.45) is 0.480. The number of nitrogens with zero attached hydrogens (tertiary/aromatic N) is 1. The third kappa shape index (κ3) is 4.60. The SMILES string of the molecule is CC(C)Oc1ccc(-c2ccc(NC(=O)N3CCC(C(=O)O)C3)c(F)c2)cc1. The summed E-state index contributed by atoms with van der Waals surface area (Å²) in [6, 6.07) is 11.4. The van der Waals surface area contributed by atoms with Gasteiger partial charge in [-0.15, -0.1) is 0 Å². The number of carbonyl (C=O) groups excluding carboxylic acids is 1. The predicted molar refractivity (Wildman–Crippen MR) is 104 cm³/mol. The Morgan fingerprint density at radius 1 is 1.18 bits per heavy atom. The van der Waals surface area contributed by atoms with Crippen LogP contribution in [-0.2, 0) is 4.79 Å². The number of hydrogen-bond acceptors (Lipinski definition) is 3. The molecule has 0 bridgehead atoms. The van der Waals surface area contributed by atoms with E-state index in [2.05, 4.69) is 5.32 Å². The van der Waals surface area contributed by atoms with Crippen LogP contribution in [-0.4, -0.2) is 41.2 Å². The average molecular weight is 386 g/mol. The van der Waals surface area contributed by atoms with Crippen LogP contribution in [0, 0.1) is 11.7 Å². The highest BCUT2D eigenvalue weighted by atomic mass is 19.1. The number of hydrogen-bond donors (Lipinski definition) is 2.